The van der Waals surface area contributed by atoms with E-state index in [1.54, 1.807) is 18.2 Å². The van der Waals surface area contributed by atoms with Gasteiger partial charge < -0.3 is 9.84 Å². The fourth-order valence-electron chi connectivity index (χ4n) is 2.33. The predicted molar refractivity (Wildman–Crippen MR) is 71.2 cm³/mol. The molecule has 1 aliphatic heterocycles. The first-order valence-electron chi connectivity index (χ1n) is 6.15. The van der Waals surface area contributed by atoms with Gasteiger partial charge in [-0.05, 0) is 37.1 Å². The highest BCUT2D eigenvalue weighted by Gasteiger charge is 2.23. The number of nitrogens with zero attached hydrogens (tertiary/aromatic N) is 1. The van der Waals surface area contributed by atoms with Gasteiger partial charge in [0.15, 0.2) is 0 Å². The molecule has 0 aromatic heterocycles. The van der Waals surface area contributed by atoms with Crippen LogP contribution in [0.2, 0.25) is 0 Å². The van der Waals surface area contributed by atoms with Gasteiger partial charge in [-0.25, -0.2) is 0 Å². The molecule has 2 rings (SSSR count). The van der Waals surface area contributed by atoms with Crippen molar-refractivity contribution in [3.8, 4) is 5.75 Å². The van der Waals surface area contributed by atoms with Crippen LogP contribution >= 0.6 is 15.9 Å². The molecule has 1 saturated heterocycles. The largest absolute Gasteiger partial charge is 0.434 e. The highest BCUT2D eigenvalue weighted by molar-refractivity contribution is 9.10. The third-order valence-corrected chi connectivity index (χ3v) is 3.75. The fourth-order valence-corrected chi connectivity index (χ4v) is 2.74. The zero-order valence-corrected chi connectivity index (χ0v) is 11.9. The van der Waals surface area contributed by atoms with Crippen LogP contribution in [-0.4, -0.2) is 36.3 Å². The Kier molecular flexibility index (Phi) is 5.13. The summed E-state index contributed by atoms with van der Waals surface area (Å²) in [4.78, 5) is 2.14. The van der Waals surface area contributed by atoms with Crippen LogP contribution in [0.15, 0.2) is 22.7 Å². The van der Waals surface area contributed by atoms with Gasteiger partial charge >= 0.3 is 6.61 Å². The Morgan fingerprint density at radius 3 is 2.89 bits per heavy atom. The van der Waals surface area contributed by atoms with E-state index in [4.69, 9.17) is 5.11 Å². The molecule has 1 aromatic rings. The Bertz CT molecular complexity index is 431. The molecular formula is C13H16BrF2NO2. The SMILES string of the molecule is OCC1CCN(Cc2cc(Br)ccc2OC(F)F)C1. The molecule has 6 heteroatoms. The third-order valence-electron chi connectivity index (χ3n) is 3.26. The highest BCUT2D eigenvalue weighted by atomic mass is 79.9. The molecule has 19 heavy (non-hydrogen) atoms. The average molecular weight is 336 g/mol. The first kappa shape index (κ1) is 14.7. The van der Waals surface area contributed by atoms with E-state index in [1.165, 1.54) is 0 Å². The summed E-state index contributed by atoms with van der Waals surface area (Å²) in [5.74, 6) is 0.497. The van der Waals surface area contributed by atoms with Crippen LogP contribution in [0.5, 0.6) is 5.75 Å². The van der Waals surface area contributed by atoms with Crippen LogP contribution < -0.4 is 4.74 Å². The third kappa shape index (κ3) is 4.12. The summed E-state index contributed by atoms with van der Waals surface area (Å²) in [6.45, 7) is -0.431. The zero-order valence-electron chi connectivity index (χ0n) is 10.4. The minimum Gasteiger partial charge on any atom is -0.434 e. The van der Waals surface area contributed by atoms with Gasteiger partial charge in [0, 0.05) is 29.7 Å². The Morgan fingerprint density at radius 2 is 2.26 bits per heavy atom. The zero-order chi connectivity index (χ0) is 13.8. The van der Waals surface area contributed by atoms with Crippen LogP contribution in [0.3, 0.4) is 0 Å². The minimum absolute atomic E-state index is 0.176. The number of hydrogen-bond acceptors (Lipinski definition) is 3. The summed E-state index contributed by atoms with van der Waals surface area (Å²) in [5, 5.41) is 9.11. The predicted octanol–water partition coefficient (Wildman–Crippen LogP) is 2.86. The maximum atomic E-state index is 12.4. The van der Waals surface area contributed by atoms with Gasteiger partial charge in [0.05, 0.1) is 0 Å². The van der Waals surface area contributed by atoms with Crippen molar-refractivity contribution in [2.45, 2.75) is 19.6 Å². The van der Waals surface area contributed by atoms with Crippen LogP contribution in [-0.2, 0) is 6.54 Å². The molecule has 1 N–H and O–H groups in total. The molecule has 0 saturated carbocycles. The van der Waals surface area contributed by atoms with Gasteiger partial charge in [-0.3, -0.25) is 4.90 Å². The van der Waals surface area contributed by atoms with E-state index in [-0.39, 0.29) is 18.3 Å². The smallest absolute Gasteiger partial charge is 0.387 e. The molecule has 106 valence electrons. The fraction of sp³-hybridized carbons (Fsp3) is 0.538. The Morgan fingerprint density at radius 1 is 1.47 bits per heavy atom. The molecule has 1 atom stereocenters. The molecule has 1 fully saturated rings. The second kappa shape index (κ2) is 6.63. The van der Waals surface area contributed by atoms with Crippen molar-refractivity contribution in [2.24, 2.45) is 5.92 Å². The van der Waals surface area contributed by atoms with Gasteiger partial charge in [0.1, 0.15) is 5.75 Å². The van der Waals surface area contributed by atoms with Crippen molar-refractivity contribution in [1.82, 2.24) is 4.90 Å². The topological polar surface area (TPSA) is 32.7 Å². The number of ether oxygens (including phenoxy) is 1. The van der Waals surface area contributed by atoms with E-state index in [1.807, 2.05) is 0 Å². The number of rotatable bonds is 5. The molecule has 0 spiro atoms. The van der Waals surface area contributed by atoms with E-state index >= 15 is 0 Å². The molecule has 1 unspecified atom stereocenters. The van der Waals surface area contributed by atoms with Gasteiger partial charge in [-0.2, -0.15) is 8.78 Å². The van der Waals surface area contributed by atoms with E-state index in [0.29, 0.717) is 6.54 Å². The first-order chi connectivity index (χ1) is 9.08. The van der Waals surface area contributed by atoms with E-state index in [9.17, 15) is 8.78 Å². The van der Waals surface area contributed by atoms with Crippen LogP contribution in [0.4, 0.5) is 8.78 Å². The van der Waals surface area contributed by atoms with Crippen LogP contribution in [0.25, 0.3) is 0 Å². The maximum absolute atomic E-state index is 12.4. The van der Waals surface area contributed by atoms with Gasteiger partial charge in [0.25, 0.3) is 0 Å². The molecular weight excluding hydrogens is 320 g/mol. The lowest BCUT2D eigenvalue weighted by atomic mass is 10.1. The molecule has 0 aliphatic carbocycles. The average Bonchev–Trinajstić information content (AvgIpc) is 2.80. The van der Waals surface area contributed by atoms with Crippen molar-refractivity contribution < 1.29 is 18.6 Å². The van der Waals surface area contributed by atoms with E-state index < -0.39 is 6.61 Å². The minimum atomic E-state index is -2.82. The van der Waals surface area contributed by atoms with Crippen molar-refractivity contribution in [3.63, 3.8) is 0 Å². The quantitative estimate of drug-likeness (QED) is 0.898. The second-order valence-corrected chi connectivity index (χ2v) is 5.62. The van der Waals surface area contributed by atoms with Crippen LogP contribution in [0.1, 0.15) is 12.0 Å². The number of likely N-dealkylation sites (tertiary alicyclic amines) is 1. The summed E-state index contributed by atoms with van der Waals surface area (Å²) < 4.78 is 30.1. The van der Waals surface area contributed by atoms with E-state index in [0.717, 1.165) is 29.5 Å². The summed E-state index contributed by atoms with van der Waals surface area (Å²) in [5.41, 5.74) is 0.730. The van der Waals surface area contributed by atoms with Crippen molar-refractivity contribution >= 4 is 15.9 Å². The maximum Gasteiger partial charge on any atom is 0.387 e. The summed E-state index contributed by atoms with van der Waals surface area (Å²) in [6, 6.07) is 5.02. The lowest BCUT2D eigenvalue weighted by Gasteiger charge is -2.18. The normalized spacial score (nSPS) is 20.2. The van der Waals surface area contributed by atoms with Crippen molar-refractivity contribution in [2.75, 3.05) is 19.7 Å². The second-order valence-electron chi connectivity index (χ2n) is 4.70. The number of halogens is 3. The Hall–Kier alpha value is -0.720. The van der Waals surface area contributed by atoms with Crippen molar-refractivity contribution in [3.05, 3.63) is 28.2 Å². The van der Waals surface area contributed by atoms with E-state index in [2.05, 4.69) is 25.6 Å². The van der Waals surface area contributed by atoms with Crippen molar-refractivity contribution in [1.29, 1.82) is 0 Å². The summed E-state index contributed by atoms with van der Waals surface area (Å²) in [7, 11) is 0. The molecule has 1 aliphatic rings. The summed E-state index contributed by atoms with van der Waals surface area (Å²) in [6.07, 6.45) is 0.940. The first-order valence-corrected chi connectivity index (χ1v) is 6.94. The lowest BCUT2D eigenvalue weighted by Crippen LogP contribution is -2.21. The number of hydrogen-bond donors (Lipinski definition) is 1. The molecule has 0 bridgehead atoms. The highest BCUT2D eigenvalue weighted by Crippen LogP contribution is 2.28. The Labute approximate surface area is 119 Å². The standard InChI is InChI=1S/C13H16BrF2NO2/c14-11-1-2-12(19-13(15)16)10(5-11)7-17-4-3-9(6-17)8-18/h1-2,5,9,13,18H,3-4,6-8H2. The molecule has 3 nitrogen and oxygen atoms in total. The number of benzene rings is 1. The molecule has 0 amide bonds. The number of alkyl halides is 2. The summed E-state index contributed by atoms with van der Waals surface area (Å²) >= 11 is 3.34. The Balaban J connectivity index is 2.08. The number of aliphatic hydroxyl groups is 1. The van der Waals surface area contributed by atoms with Gasteiger partial charge in [-0.1, -0.05) is 15.9 Å². The van der Waals surface area contributed by atoms with Gasteiger partial charge in [0.2, 0.25) is 0 Å². The van der Waals surface area contributed by atoms with Gasteiger partial charge in [-0.15, -0.1) is 0 Å². The van der Waals surface area contributed by atoms with Crippen LogP contribution in [0, 0.1) is 5.92 Å². The molecule has 0 radical (unpaired) electrons. The number of aliphatic hydroxyl groups excluding tert-OH is 1. The molecule has 1 heterocycles. The monoisotopic (exact) mass is 335 g/mol. The lowest BCUT2D eigenvalue weighted by molar-refractivity contribution is -0.0507. The molecule has 1 aromatic carbocycles.